The lowest BCUT2D eigenvalue weighted by Crippen LogP contribution is -2.24. The number of hydrogen-bond acceptors (Lipinski definition) is 3. The number of guanidine groups is 1. The number of amides is 1. The zero-order valence-corrected chi connectivity index (χ0v) is 11.9. The Morgan fingerprint density at radius 1 is 1.32 bits per heavy atom. The van der Waals surface area contributed by atoms with Gasteiger partial charge < -0.3 is 11.5 Å². The van der Waals surface area contributed by atoms with Gasteiger partial charge in [0.2, 0.25) is 0 Å². The fourth-order valence-electron chi connectivity index (χ4n) is 1.78. The van der Waals surface area contributed by atoms with Crippen LogP contribution in [0.3, 0.4) is 0 Å². The maximum atomic E-state index is 11.8. The molecule has 0 spiro atoms. The fourth-order valence-corrected chi connectivity index (χ4v) is 2.79. The first-order chi connectivity index (χ1) is 8.66. The van der Waals surface area contributed by atoms with Crippen LogP contribution in [-0.4, -0.2) is 26.5 Å². The number of sulfone groups is 1. The van der Waals surface area contributed by atoms with Gasteiger partial charge in [0.1, 0.15) is 0 Å². The smallest absolute Gasteiger partial charge is 0.280 e. The maximum absolute atomic E-state index is 11.8. The monoisotopic (exact) mass is 283 g/mol. The van der Waals surface area contributed by atoms with E-state index in [1.807, 2.05) is 6.92 Å². The number of aliphatic imine (C=N–C) groups is 1. The molecule has 4 N–H and O–H groups in total. The minimum Gasteiger partial charge on any atom is -0.370 e. The third-order valence-electron chi connectivity index (χ3n) is 2.65. The van der Waals surface area contributed by atoms with Crippen LogP contribution in [0.4, 0.5) is 0 Å². The summed E-state index contributed by atoms with van der Waals surface area (Å²) in [7, 11) is -3.41. The van der Waals surface area contributed by atoms with Crippen molar-refractivity contribution < 1.29 is 13.2 Å². The first kappa shape index (κ1) is 15.2. The van der Waals surface area contributed by atoms with Gasteiger partial charge in [-0.1, -0.05) is 13.0 Å². The van der Waals surface area contributed by atoms with E-state index >= 15 is 0 Å². The Bertz CT molecular complexity index is 644. The zero-order chi connectivity index (χ0) is 14.8. The van der Waals surface area contributed by atoms with Crippen LogP contribution in [0.1, 0.15) is 28.4 Å². The van der Waals surface area contributed by atoms with E-state index < -0.39 is 15.7 Å². The van der Waals surface area contributed by atoms with Crippen LogP contribution < -0.4 is 11.5 Å². The minimum atomic E-state index is -3.41. The van der Waals surface area contributed by atoms with Crippen molar-refractivity contribution in [3.8, 4) is 0 Å². The topological polar surface area (TPSA) is 116 Å². The second kappa shape index (κ2) is 5.40. The molecule has 0 aliphatic heterocycles. The van der Waals surface area contributed by atoms with E-state index in [1.165, 1.54) is 6.07 Å². The summed E-state index contributed by atoms with van der Waals surface area (Å²) in [6, 6.07) is 3.00. The van der Waals surface area contributed by atoms with Crippen LogP contribution in [0.2, 0.25) is 0 Å². The number of nitrogens with two attached hydrogens (primary N) is 2. The van der Waals surface area contributed by atoms with Crippen molar-refractivity contribution in [2.45, 2.75) is 25.2 Å². The van der Waals surface area contributed by atoms with Crippen LogP contribution in [0.25, 0.3) is 0 Å². The molecule has 0 radical (unpaired) electrons. The molecule has 1 aromatic rings. The summed E-state index contributed by atoms with van der Waals surface area (Å²) in [5, 5.41) is 0. The normalized spacial score (nSPS) is 11.1. The molecule has 0 atom stereocenters. The molecular weight excluding hydrogens is 266 g/mol. The number of carbonyl (C=O) groups is 1. The van der Waals surface area contributed by atoms with E-state index in [0.717, 1.165) is 6.26 Å². The minimum absolute atomic E-state index is 0.134. The molecule has 104 valence electrons. The standard InChI is InChI=1S/C12H17N3O3S/c1-4-8-5-7(2)9(11(16)15-12(13)14)6-10(8)19(3,17)18/h5-6H,4H2,1-3H3,(H4,13,14,15,16). The Kier molecular flexibility index (Phi) is 4.31. The van der Waals surface area contributed by atoms with Gasteiger partial charge >= 0.3 is 0 Å². The van der Waals surface area contributed by atoms with Crippen molar-refractivity contribution in [1.29, 1.82) is 0 Å². The van der Waals surface area contributed by atoms with Crippen molar-refractivity contribution >= 4 is 21.7 Å². The first-order valence-corrected chi connectivity index (χ1v) is 7.53. The lowest BCUT2D eigenvalue weighted by molar-refractivity contribution is 0.100. The molecule has 0 aromatic heterocycles. The largest absolute Gasteiger partial charge is 0.370 e. The van der Waals surface area contributed by atoms with Crippen molar-refractivity contribution in [2.75, 3.05) is 6.26 Å². The summed E-state index contributed by atoms with van der Waals surface area (Å²) < 4.78 is 23.4. The number of hydrogen-bond donors (Lipinski definition) is 2. The quantitative estimate of drug-likeness (QED) is 0.614. The highest BCUT2D eigenvalue weighted by Crippen LogP contribution is 2.22. The maximum Gasteiger partial charge on any atom is 0.280 e. The number of benzene rings is 1. The molecule has 0 aliphatic rings. The van der Waals surface area contributed by atoms with Crippen molar-refractivity contribution in [1.82, 2.24) is 0 Å². The molecule has 0 heterocycles. The van der Waals surface area contributed by atoms with Gasteiger partial charge in [-0.2, -0.15) is 4.99 Å². The van der Waals surface area contributed by atoms with Gasteiger partial charge in [0, 0.05) is 11.8 Å². The Labute approximate surface area is 112 Å². The number of rotatable bonds is 3. The van der Waals surface area contributed by atoms with Crippen LogP contribution in [0.5, 0.6) is 0 Å². The summed E-state index contributed by atoms with van der Waals surface area (Å²) in [6.45, 7) is 3.56. The Morgan fingerprint density at radius 3 is 2.32 bits per heavy atom. The Hall–Kier alpha value is -1.89. The molecular formula is C12H17N3O3S. The van der Waals surface area contributed by atoms with Gasteiger partial charge in [-0.3, -0.25) is 4.79 Å². The van der Waals surface area contributed by atoms with Gasteiger partial charge in [0.05, 0.1) is 4.90 Å². The van der Waals surface area contributed by atoms with Gasteiger partial charge in [0.25, 0.3) is 5.91 Å². The second-order valence-corrected chi connectivity index (χ2v) is 6.23. The highest BCUT2D eigenvalue weighted by Gasteiger charge is 2.18. The third-order valence-corrected chi connectivity index (χ3v) is 3.83. The van der Waals surface area contributed by atoms with Gasteiger partial charge in [-0.15, -0.1) is 0 Å². The van der Waals surface area contributed by atoms with Gasteiger partial charge in [-0.25, -0.2) is 8.42 Å². The van der Waals surface area contributed by atoms with Crippen LogP contribution in [-0.2, 0) is 16.3 Å². The van der Waals surface area contributed by atoms with Crippen LogP contribution in [0, 0.1) is 6.92 Å². The predicted octanol–water partition coefficient (Wildman–Crippen LogP) is 0.375. The molecule has 1 rings (SSSR count). The van der Waals surface area contributed by atoms with Gasteiger partial charge in [0.15, 0.2) is 15.8 Å². The zero-order valence-electron chi connectivity index (χ0n) is 11.1. The van der Waals surface area contributed by atoms with E-state index in [1.54, 1.807) is 13.0 Å². The van der Waals surface area contributed by atoms with Crippen molar-refractivity contribution in [2.24, 2.45) is 16.5 Å². The molecule has 1 amide bonds. The molecule has 0 saturated heterocycles. The van der Waals surface area contributed by atoms with Gasteiger partial charge in [-0.05, 0) is 30.5 Å². The van der Waals surface area contributed by atoms with E-state index in [9.17, 15) is 13.2 Å². The summed E-state index contributed by atoms with van der Waals surface area (Å²) >= 11 is 0. The van der Waals surface area contributed by atoms with E-state index in [2.05, 4.69) is 4.99 Å². The van der Waals surface area contributed by atoms with E-state index in [-0.39, 0.29) is 16.4 Å². The highest BCUT2D eigenvalue weighted by molar-refractivity contribution is 7.90. The summed E-state index contributed by atoms with van der Waals surface area (Å²) in [5.74, 6) is -1.00. The number of nitrogens with zero attached hydrogens (tertiary/aromatic N) is 1. The van der Waals surface area contributed by atoms with E-state index in [0.29, 0.717) is 17.5 Å². The molecule has 6 nitrogen and oxygen atoms in total. The molecule has 7 heteroatoms. The molecule has 0 unspecified atom stereocenters. The molecule has 0 saturated carbocycles. The fraction of sp³-hybridized carbons (Fsp3) is 0.333. The molecule has 0 fully saturated rings. The predicted molar refractivity (Wildman–Crippen MR) is 73.8 cm³/mol. The Morgan fingerprint density at radius 2 is 1.89 bits per heavy atom. The summed E-state index contributed by atoms with van der Waals surface area (Å²) in [4.78, 5) is 15.4. The van der Waals surface area contributed by atoms with E-state index in [4.69, 9.17) is 11.5 Å². The van der Waals surface area contributed by atoms with Crippen LogP contribution >= 0.6 is 0 Å². The highest BCUT2D eigenvalue weighted by atomic mass is 32.2. The molecule has 0 aliphatic carbocycles. The average Bonchev–Trinajstić information content (AvgIpc) is 2.25. The second-order valence-electron chi connectivity index (χ2n) is 4.24. The number of carbonyl (C=O) groups excluding carboxylic acids is 1. The lowest BCUT2D eigenvalue weighted by atomic mass is 10.0. The summed E-state index contributed by atoms with van der Waals surface area (Å²) in [6.07, 6.45) is 1.66. The SMILES string of the molecule is CCc1cc(C)c(C(=O)N=C(N)N)cc1S(C)(=O)=O. The first-order valence-electron chi connectivity index (χ1n) is 5.64. The average molecular weight is 283 g/mol. The number of aryl methyl sites for hydroxylation is 2. The molecule has 19 heavy (non-hydrogen) atoms. The van der Waals surface area contributed by atoms with Crippen LogP contribution in [0.15, 0.2) is 22.0 Å². The van der Waals surface area contributed by atoms with Crippen molar-refractivity contribution in [3.63, 3.8) is 0 Å². The van der Waals surface area contributed by atoms with Crippen molar-refractivity contribution in [3.05, 3.63) is 28.8 Å². The summed E-state index contributed by atoms with van der Waals surface area (Å²) in [5.41, 5.74) is 11.8. The molecule has 0 bridgehead atoms. The third kappa shape index (κ3) is 3.54. The molecule has 1 aromatic carbocycles. The Balaban J connectivity index is 3.53. The lowest BCUT2D eigenvalue weighted by Gasteiger charge is -2.10.